The lowest BCUT2D eigenvalue weighted by Crippen LogP contribution is -2.19. The number of nitrogens with one attached hydrogen (secondary N) is 1. The van der Waals surface area contributed by atoms with Crippen LogP contribution in [-0.4, -0.2) is 18.4 Å². The highest BCUT2D eigenvalue weighted by Crippen LogP contribution is 2.21. The molecule has 1 aliphatic heterocycles. The highest BCUT2D eigenvalue weighted by molar-refractivity contribution is 6.06. The predicted molar refractivity (Wildman–Crippen MR) is 62.3 cm³/mol. The first-order valence-corrected chi connectivity index (χ1v) is 5.33. The van der Waals surface area contributed by atoms with Gasteiger partial charge in [-0.25, -0.2) is 0 Å². The molecule has 1 aliphatic rings. The Kier molecular flexibility index (Phi) is 2.90. The summed E-state index contributed by atoms with van der Waals surface area (Å²) in [6.07, 6.45) is 1.06. The van der Waals surface area contributed by atoms with Gasteiger partial charge < -0.3 is 10.2 Å². The molecule has 0 spiro atoms. The Balaban J connectivity index is 2.25. The number of para-hydroxylation sites is 1. The van der Waals surface area contributed by atoms with Gasteiger partial charge in [0.2, 0.25) is 0 Å². The zero-order valence-electron chi connectivity index (χ0n) is 9.16. The van der Waals surface area contributed by atoms with Crippen molar-refractivity contribution in [2.24, 2.45) is 5.16 Å². The third kappa shape index (κ3) is 2.29. The van der Waals surface area contributed by atoms with Gasteiger partial charge in [0.05, 0.1) is 5.71 Å². The van der Waals surface area contributed by atoms with Crippen molar-refractivity contribution in [1.82, 2.24) is 0 Å². The molecule has 0 atom stereocenters. The molecule has 1 aromatic rings. The van der Waals surface area contributed by atoms with Crippen molar-refractivity contribution >= 4 is 11.4 Å². The van der Waals surface area contributed by atoms with E-state index in [1.807, 2.05) is 26.0 Å². The average molecular weight is 204 g/mol. The molecule has 0 saturated heterocycles. The van der Waals surface area contributed by atoms with E-state index in [4.69, 9.17) is 4.84 Å². The van der Waals surface area contributed by atoms with E-state index in [1.54, 1.807) is 0 Å². The van der Waals surface area contributed by atoms with Crippen molar-refractivity contribution < 1.29 is 4.84 Å². The number of anilines is 1. The first kappa shape index (κ1) is 10.0. The molecule has 1 aromatic carbocycles. The van der Waals surface area contributed by atoms with Crippen molar-refractivity contribution in [3.05, 3.63) is 29.8 Å². The highest BCUT2D eigenvalue weighted by atomic mass is 16.6. The van der Waals surface area contributed by atoms with Crippen LogP contribution in [0, 0.1) is 0 Å². The Morgan fingerprint density at radius 1 is 1.33 bits per heavy atom. The first-order valence-electron chi connectivity index (χ1n) is 5.33. The molecule has 1 N–H and O–H groups in total. The van der Waals surface area contributed by atoms with Crippen LogP contribution in [0.5, 0.6) is 0 Å². The van der Waals surface area contributed by atoms with Crippen LogP contribution in [0.15, 0.2) is 29.4 Å². The van der Waals surface area contributed by atoms with E-state index in [-0.39, 0.29) is 6.10 Å². The summed E-state index contributed by atoms with van der Waals surface area (Å²) in [4.78, 5) is 5.30. The second-order valence-electron chi connectivity index (χ2n) is 3.91. The van der Waals surface area contributed by atoms with Gasteiger partial charge in [0.25, 0.3) is 0 Å². The summed E-state index contributed by atoms with van der Waals surface area (Å²) in [6.45, 7) is 4.89. The van der Waals surface area contributed by atoms with Crippen LogP contribution in [0.3, 0.4) is 0 Å². The van der Waals surface area contributed by atoms with Crippen LogP contribution in [0.2, 0.25) is 0 Å². The lowest BCUT2D eigenvalue weighted by Gasteiger charge is -2.19. The maximum absolute atomic E-state index is 5.30. The van der Waals surface area contributed by atoms with Gasteiger partial charge in [-0.2, -0.15) is 0 Å². The Morgan fingerprint density at radius 2 is 2.13 bits per heavy atom. The van der Waals surface area contributed by atoms with E-state index < -0.39 is 0 Å². The number of rotatable bonds is 2. The lowest BCUT2D eigenvalue weighted by molar-refractivity contribution is 0.0856. The van der Waals surface area contributed by atoms with Crippen molar-refractivity contribution in [3.63, 3.8) is 0 Å². The lowest BCUT2D eigenvalue weighted by atomic mass is 10.0. The van der Waals surface area contributed by atoms with Crippen LogP contribution in [0.25, 0.3) is 0 Å². The molecule has 3 heteroatoms. The van der Waals surface area contributed by atoms with Crippen molar-refractivity contribution in [2.45, 2.75) is 26.4 Å². The summed E-state index contributed by atoms with van der Waals surface area (Å²) in [7, 11) is 0. The second-order valence-corrected chi connectivity index (χ2v) is 3.91. The molecule has 1 heterocycles. The van der Waals surface area contributed by atoms with Gasteiger partial charge in [-0.05, 0) is 19.9 Å². The van der Waals surface area contributed by atoms with E-state index in [0.717, 1.165) is 29.9 Å². The van der Waals surface area contributed by atoms with Crippen molar-refractivity contribution in [1.29, 1.82) is 0 Å². The summed E-state index contributed by atoms with van der Waals surface area (Å²) in [5.41, 5.74) is 3.34. The van der Waals surface area contributed by atoms with Gasteiger partial charge in [-0.1, -0.05) is 23.4 Å². The second kappa shape index (κ2) is 4.34. The van der Waals surface area contributed by atoms with Gasteiger partial charge in [0.1, 0.15) is 6.10 Å². The molecule has 0 aromatic heterocycles. The van der Waals surface area contributed by atoms with Gasteiger partial charge in [0.15, 0.2) is 0 Å². The van der Waals surface area contributed by atoms with E-state index in [1.165, 1.54) is 0 Å². The molecule has 15 heavy (non-hydrogen) atoms. The fourth-order valence-corrected chi connectivity index (χ4v) is 1.60. The van der Waals surface area contributed by atoms with E-state index in [2.05, 4.69) is 22.6 Å². The molecule has 0 fully saturated rings. The van der Waals surface area contributed by atoms with Crippen LogP contribution >= 0.6 is 0 Å². The molecule has 0 bridgehead atoms. The van der Waals surface area contributed by atoms with E-state index in [0.29, 0.717) is 0 Å². The summed E-state index contributed by atoms with van der Waals surface area (Å²) >= 11 is 0. The molecule has 0 radical (unpaired) electrons. The number of hydrogen-bond acceptors (Lipinski definition) is 3. The molecule has 0 amide bonds. The maximum atomic E-state index is 5.30. The maximum Gasteiger partial charge on any atom is 0.122 e. The number of hydrogen-bond donors (Lipinski definition) is 1. The van der Waals surface area contributed by atoms with E-state index in [9.17, 15) is 0 Å². The molecule has 2 rings (SSSR count). The number of oxime groups is 1. The fourth-order valence-electron chi connectivity index (χ4n) is 1.60. The Bertz CT molecular complexity index is 372. The topological polar surface area (TPSA) is 33.6 Å². The Labute approximate surface area is 90.1 Å². The van der Waals surface area contributed by atoms with Crippen LogP contribution < -0.4 is 5.32 Å². The molecular weight excluding hydrogens is 188 g/mol. The number of fused-ring (bicyclic) bond motifs is 1. The summed E-state index contributed by atoms with van der Waals surface area (Å²) in [5, 5.41) is 7.54. The first-order chi connectivity index (χ1) is 7.27. The average Bonchev–Trinajstić information content (AvgIpc) is 2.26. The number of nitrogens with zero attached hydrogens (tertiary/aromatic N) is 1. The Morgan fingerprint density at radius 3 is 2.93 bits per heavy atom. The van der Waals surface area contributed by atoms with Gasteiger partial charge in [-0.15, -0.1) is 0 Å². The molecular formula is C12H16N2O. The van der Waals surface area contributed by atoms with Crippen LogP contribution in [0.1, 0.15) is 25.8 Å². The zero-order valence-corrected chi connectivity index (χ0v) is 9.16. The largest absolute Gasteiger partial charge is 0.393 e. The summed E-state index contributed by atoms with van der Waals surface area (Å²) < 4.78 is 0. The standard InChI is InChI=1S/C12H16N2O/c1-9(2)15-14-12-7-8-13-11-6-4-3-5-10(11)12/h3-6,9,13H,7-8H2,1-2H3/b14-12+. The van der Waals surface area contributed by atoms with Gasteiger partial charge >= 0.3 is 0 Å². The normalized spacial score (nSPS) is 17.4. The summed E-state index contributed by atoms with van der Waals surface area (Å²) in [6, 6.07) is 8.19. The molecule has 0 unspecified atom stereocenters. The Hall–Kier alpha value is -1.51. The van der Waals surface area contributed by atoms with Gasteiger partial charge in [-0.3, -0.25) is 0 Å². The fraction of sp³-hybridized carbons (Fsp3) is 0.417. The van der Waals surface area contributed by atoms with Crippen LogP contribution in [-0.2, 0) is 4.84 Å². The zero-order chi connectivity index (χ0) is 10.7. The van der Waals surface area contributed by atoms with Crippen molar-refractivity contribution in [3.8, 4) is 0 Å². The molecule has 3 nitrogen and oxygen atoms in total. The highest BCUT2D eigenvalue weighted by Gasteiger charge is 2.14. The van der Waals surface area contributed by atoms with Crippen molar-refractivity contribution in [2.75, 3.05) is 11.9 Å². The quantitative estimate of drug-likeness (QED) is 0.751. The summed E-state index contributed by atoms with van der Waals surface area (Å²) in [5.74, 6) is 0. The minimum atomic E-state index is 0.138. The molecule has 0 saturated carbocycles. The van der Waals surface area contributed by atoms with Gasteiger partial charge in [0, 0.05) is 24.2 Å². The SMILES string of the molecule is CC(C)O/N=C1\CCNc2ccccc21. The van der Waals surface area contributed by atoms with E-state index >= 15 is 0 Å². The predicted octanol–water partition coefficient (Wildman–Crippen LogP) is 2.63. The smallest absolute Gasteiger partial charge is 0.122 e. The monoisotopic (exact) mass is 204 g/mol. The molecule has 80 valence electrons. The third-order valence-electron chi connectivity index (χ3n) is 2.29. The van der Waals surface area contributed by atoms with Crippen LogP contribution in [0.4, 0.5) is 5.69 Å². The minimum absolute atomic E-state index is 0.138. The number of benzene rings is 1. The molecule has 0 aliphatic carbocycles. The minimum Gasteiger partial charge on any atom is -0.393 e. The third-order valence-corrected chi connectivity index (χ3v) is 2.29.